The number of fused-ring (bicyclic) bond motifs is 1. The normalized spacial score (nSPS) is 11.2. The zero-order valence-corrected chi connectivity index (χ0v) is 13.1. The number of benzene rings is 1. The molecule has 3 rings (SSSR count). The smallest absolute Gasteiger partial charge is 0.188 e. The topological polar surface area (TPSA) is 62.8 Å². The Morgan fingerprint density at radius 3 is 2.90 bits per heavy atom. The Morgan fingerprint density at radius 2 is 2.24 bits per heavy atom. The van der Waals surface area contributed by atoms with Crippen LogP contribution in [0.3, 0.4) is 0 Å². The highest BCUT2D eigenvalue weighted by Crippen LogP contribution is 2.32. The molecule has 0 aliphatic rings. The Labute approximate surface area is 127 Å². The third-order valence-corrected chi connectivity index (χ3v) is 3.91. The van der Waals surface area contributed by atoms with Crippen LogP contribution in [0.4, 0.5) is 10.9 Å². The van der Waals surface area contributed by atoms with Crippen molar-refractivity contribution in [1.82, 2.24) is 15.2 Å². The van der Waals surface area contributed by atoms with Crippen LogP contribution in [0.25, 0.3) is 10.9 Å². The maximum atomic E-state index is 5.49. The van der Waals surface area contributed by atoms with Crippen molar-refractivity contribution in [2.45, 2.75) is 20.3 Å². The monoisotopic (exact) mass is 302 g/mol. The molecule has 0 saturated carbocycles. The summed E-state index contributed by atoms with van der Waals surface area (Å²) in [7, 11) is 1.68. The summed E-state index contributed by atoms with van der Waals surface area (Å²) < 4.78 is 5.49. The maximum Gasteiger partial charge on any atom is 0.188 e. The molecule has 0 saturated heterocycles. The molecule has 2 N–H and O–H groups in total. The van der Waals surface area contributed by atoms with Crippen LogP contribution in [-0.2, 0) is 6.42 Å². The number of hydrogen-bond donors (Lipinski definition) is 2. The quantitative estimate of drug-likeness (QED) is 0.748. The number of aromatic amines is 1. The summed E-state index contributed by atoms with van der Waals surface area (Å²) >= 11 is 1.55. The SMILES string of the molecule is COc1cc(CC(C)C)cc2c(Nc3nccs3)n[nH]c12. The number of ether oxygens (including phenoxy) is 1. The first kappa shape index (κ1) is 13.9. The Bertz CT molecular complexity index is 734. The second-order valence-electron chi connectivity index (χ2n) is 5.35. The second-order valence-corrected chi connectivity index (χ2v) is 6.25. The summed E-state index contributed by atoms with van der Waals surface area (Å²) in [5, 5.41) is 14.4. The molecule has 0 amide bonds. The Hall–Kier alpha value is -2.08. The fourth-order valence-electron chi connectivity index (χ4n) is 2.38. The van der Waals surface area contributed by atoms with Crippen LogP contribution >= 0.6 is 11.3 Å². The van der Waals surface area contributed by atoms with Gasteiger partial charge in [-0.05, 0) is 30.0 Å². The van der Waals surface area contributed by atoms with Gasteiger partial charge in [-0.3, -0.25) is 5.10 Å². The van der Waals surface area contributed by atoms with E-state index in [4.69, 9.17) is 4.74 Å². The van der Waals surface area contributed by atoms with Crippen LogP contribution in [0.2, 0.25) is 0 Å². The number of hydrogen-bond acceptors (Lipinski definition) is 5. The van der Waals surface area contributed by atoms with Gasteiger partial charge < -0.3 is 10.1 Å². The lowest BCUT2D eigenvalue weighted by atomic mass is 10.0. The van der Waals surface area contributed by atoms with Gasteiger partial charge in [0.1, 0.15) is 11.3 Å². The van der Waals surface area contributed by atoms with E-state index in [2.05, 4.69) is 46.5 Å². The van der Waals surface area contributed by atoms with E-state index in [9.17, 15) is 0 Å². The summed E-state index contributed by atoms with van der Waals surface area (Å²) in [5.41, 5.74) is 2.15. The highest BCUT2D eigenvalue weighted by Gasteiger charge is 2.13. The first-order chi connectivity index (χ1) is 10.2. The minimum atomic E-state index is 0.592. The van der Waals surface area contributed by atoms with Gasteiger partial charge in [-0.2, -0.15) is 5.10 Å². The Morgan fingerprint density at radius 1 is 1.38 bits per heavy atom. The molecule has 0 radical (unpaired) electrons. The van der Waals surface area contributed by atoms with E-state index in [1.807, 2.05) is 5.38 Å². The van der Waals surface area contributed by atoms with E-state index in [-0.39, 0.29) is 0 Å². The number of H-pyrrole nitrogens is 1. The minimum Gasteiger partial charge on any atom is -0.494 e. The average molecular weight is 302 g/mol. The third kappa shape index (κ3) is 2.85. The summed E-state index contributed by atoms with van der Waals surface area (Å²) in [5.74, 6) is 2.20. The van der Waals surface area contributed by atoms with Gasteiger partial charge in [-0.15, -0.1) is 11.3 Å². The molecule has 1 aromatic carbocycles. The van der Waals surface area contributed by atoms with E-state index in [0.717, 1.165) is 34.0 Å². The van der Waals surface area contributed by atoms with Crippen LogP contribution in [0, 0.1) is 5.92 Å². The van der Waals surface area contributed by atoms with Crippen LogP contribution in [-0.4, -0.2) is 22.3 Å². The van der Waals surface area contributed by atoms with Crippen LogP contribution in [0.5, 0.6) is 5.75 Å². The van der Waals surface area contributed by atoms with E-state index in [1.54, 1.807) is 24.6 Å². The molecule has 0 unspecified atom stereocenters. The van der Waals surface area contributed by atoms with E-state index >= 15 is 0 Å². The van der Waals surface area contributed by atoms with Gasteiger partial charge >= 0.3 is 0 Å². The molecule has 2 aromatic heterocycles. The van der Waals surface area contributed by atoms with Crippen molar-refractivity contribution >= 4 is 33.2 Å². The van der Waals surface area contributed by atoms with Crippen molar-refractivity contribution in [2.75, 3.05) is 12.4 Å². The third-order valence-electron chi connectivity index (χ3n) is 3.22. The molecule has 0 atom stereocenters. The maximum absolute atomic E-state index is 5.49. The summed E-state index contributed by atoms with van der Waals surface area (Å²) in [6, 6.07) is 4.24. The van der Waals surface area contributed by atoms with Gasteiger partial charge in [0.2, 0.25) is 0 Å². The van der Waals surface area contributed by atoms with Crippen molar-refractivity contribution in [3.05, 3.63) is 29.3 Å². The zero-order chi connectivity index (χ0) is 14.8. The summed E-state index contributed by atoms with van der Waals surface area (Å²) in [4.78, 5) is 4.23. The van der Waals surface area contributed by atoms with Crippen molar-refractivity contribution in [3.63, 3.8) is 0 Å². The highest BCUT2D eigenvalue weighted by molar-refractivity contribution is 7.13. The Kier molecular flexibility index (Phi) is 3.79. The van der Waals surface area contributed by atoms with Crippen molar-refractivity contribution in [1.29, 1.82) is 0 Å². The summed E-state index contributed by atoms with van der Waals surface area (Å²) in [6.45, 7) is 4.42. The lowest BCUT2D eigenvalue weighted by molar-refractivity contribution is 0.418. The zero-order valence-electron chi connectivity index (χ0n) is 12.3. The molecule has 0 spiro atoms. The number of methoxy groups -OCH3 is 1. The van der Waals surface area contributed by atoms with Crippen molar-refractivity contribution in [2.24, 2.45) is 5.92 Å². The minimum absolute atomic E-state index is 0.592. The van der Waals surface area contributed by atoms with Gasteiger partial charge in [-0.1, -0.05) is 13.8 Å². The molecule has 110 valence electrons. The van der Waals surface area contributed by atoms with Gasteiger partial charge in [0.15, 0.2) is 10.9 Å². The van der Waals surface area contributed by atoms with Crippen LogP contribution < -0.4 is 10.1 Å². The number of nitrogens with zero attached hydrogens (tertiary/aromatic N) is 2. The van der Waals surface area contributed by atoms with Crippen molar-refractivity contribution < 1.29 is 4.74 Å². The van der Waals surface area contributed by atoms with Gasteiger partial charge in [0, 0.05) is 17.0 Å². The van der Waals surface area contributed by atoms with Gasteiger partial charge in [0.25, 0.3) is 0 Å². The van der Waals surface area contributed by atoms with Gasteiger partial charge in [-0.25, -0.2) is 4.98 Å². The average Bonchev–Trinajstić information content (AvgIpc) is 3.08. The van der Waals surface area contributed by atoms with Gasteiger partial charge in [0.05, 0.1) is 7.11 Å². The fraction of sp³-hybridized carbons (Fsp3) is 0.333. The molecular formula is C15H18N4OS. The van der Waals surface area contributed by atoms with Crippen LogP contribution in [0.1, 0.15) is 19.4 Å². The molecule has 0 bridgehead atoms. The lowest BCUT2D eigenvalue weighted by Crippen LogP contribution is -1.96. The molecule has 21 heavy (non-hydrogen) atoms. The molecule has 3 aromatic rings. The second kappa shape index (κ2) is 5.73. The number of aromatic nitrogens is 3. The molecule has 5 nitrogen and oxygen atoms in total. The number of thiazole rings is 1. The highest BCUT2D eigenvalue weighted by atomic mass is 32.1. The van der Waals surface area contributed by atoms with E-state index < -0.39 is 0 Å². The molecule has 6 heteroatoms. The van der Waals surface area contributed by atoms with Crippen molar-refractivity contribution in [3.8, 4) is 5.75 Å². The first-order valence-corrected chi connectivity index (χ1v) is 7.77. The Balaban J connectivity index is 2.05. The van der Waals surface area contributed by atoms with E-state index in [1.165, 1.54) is 5.56 Å². The predicted octanol–water partition coefficient (Wildman–Crippen LogP) is 3.97. The predicted molar refractivity (Wildman–Crippen MR) is 86.6 cm³/mol. The fourth-order valence-corrected chi connectivity index (χ4v) is 2.91. The largest absolute Gasteiger partial charge is 0.494 e. The summed E-state index contributed by atoms with van der Waals surface area (Å²) in [6.07, 6.45) is 2.78. The van der Waals surface area contributed by atoms with E-state index in [0.29, 0.717) is 5.92 Å². The molecule has 0 aliphatic carbocycles. The molecule has 0 fully saturated rings. The molecular weight excluding hydrogens is 284 g/mol. The van der Waals surface area contributed by atoms with Crippen LogP contribution in [0.15, 0.2) is 23.7 Å². The number of rotatable bonds is 5. The number of anilines is 2. The molecule has 0 aliphatic heterocycles. The molecule has 2 heterocycles. The lowest BCUT2D eigenvalue weighted by Gasteiger charge is -2.09. The standard InChI is InChI=1S/C15H18N4OS/c1-9(2)6-10-7-11-13(12(8-10)20-3)18-19-14(11)17-15-16-4-5-21-15/h4-5,7-9H,6H2,1-3H3,(H2,16,17,18,19). The number of nitrogens with one attached hydrogen (secondary N) is 2. The first-order valence-electron chi connectivity index (χ1n) is 6.89.